The summed E-state index contributed by atoms with van der Waals surface area (Å²) in [6.07, 6.45) is 5.50. The number of aryl methyl sites for hydroxylation is 1. The minimum Gasteiger partial charge on any atom is -0.368 e. The van der Waals surface area contributed by atoms with E-state index in [1.165, 1.54) is 17.8 Å². The Kier molecular flexibility index (Phi) is 5.28. The maximum atomic E-state index is 13.6. The monoisotopic (exact) mass is 376 g/mol. The van der Waals surface area contributed by atoms with Crippen LogP contribution in [0.1, 0.15) is 28.0 Å². The van der Waals surface area contributed by atoms with E-state index in [-0.39, 0.29) is 11.7 Å². The maximum absolute atomic E-state index is 13.6. The SMILES string of the molecule is O=C(c1cnc(NCCc2ccccc2F)cn1)N1CCCc2ccccc21. The topological polar surface area (TPSA) is 58.1 Å². The molecule has 0 radical (unpaired) electrons. The first kappa shape index (κ1) is 18.1. The number of hydrogen-bond donors (Lipinski definition) is 1. The highest BCUT2D eigenvalue weighted by molar-refractivity contribution is 6.05. The lowest BCUT2D eigenvalue weighted by Crippen LogP contribution is -2.36. The molecule has 28 heavy (non-hydrogen) atoms. The molecule has 0 aliphatic carbocycles. The molecule has 2 aromatic carbocycles. The lowest BCUT2D eigenvalue weighted by atomic mass is 10.0. The van der Waals surface area contributed by atoms with Crippen molar-refractivity contribution >= 4 is 17.4 Å². The molecule has 1 N–H and O–H groups in total. The van der Waals surface area contributed by atoms with Crippen molar-refractivity contribution in [2.75, 3.05) is 23.3 Å². The maximum Gasteiger partial charge on any atom is 0.278 e. The third-order valence-corrected chi connectivity index (χ3v) is 4.88. The Morgan fingerprint density at radius 1 is 1.07 bits per heavy atom. The highest BCUT2D eigenvalue weighted by Gasteiger charge is 2.24. The number of halogens is 1. The summed E-state index contributed by atoms with van der Waals surface area (Å²) in [4.78, 5) is 23.2. The third-order valence-electron chi connectivity index (χ3n) is 4.88. The lowest BCUT2D eigenvalue weighted by Gasteiger charge is -2.29. The van der Waals surface area contributed by atoms with Crippen LogP contribution in [-0.2, 0) is 12.8 Å². The molecule has 3 aromatic rings. The van der Waals surface area contributed by atoms with Crippen LogP contribution in [0.3, 0.4) is 0 Å². The number of benzene rings is 2. The first-order valence-corrected chi connectivity index (χ1v) is 9.41. The van der Waals surface area contributed by atoms with Crippen molar-refractivity contribution in [1.29, 1.82) is 0 Å². The van der Waals surface area contributed by atoms with Crippen LogP contribution in [0.15, 0.2) is 60.9 Å². The molecule has 142 valence electrons. The molecule has 0 atom stereocenters. The smallest absolute Gasteiger partial charge is 0.278 e. The quantitative estimate of drug-likeness (QED) is 0.735. The van der Waals surface area contributed by atoms with E-state index < -0.39 is 0 Å². The minimum atomic E-state index is -0.210. The molecule has 2 heterocycles. The molecule has 1 aliphatic heterocycles. The minimum absolute atomic E-state index is 0.141. The molecule has 0 unspecified atom stereocenters. The Hall–Kier alpha value is -3.28. The van der Waals surface area contributed by atoms with Gasteiger partial charge in [-0.15, -0.1) is 0 Å². The average Bonchev–Trinajstić information content (AvgIpc) is 2.75. The number of aromatic nitrogens is 2. The number of carbonyl (C=O) groups is 1. The second kappa shape index (κ2) is 8.17. The third kappa shape index (κ3) is 3.86. The van der Waals surface area contributed by atoms with Gasteiger partial charge in [0.05, 0.1) is 12.4 Å². The number of rotatable bonds is 5. The van der Waals surface area contributed by atoms with Gasteiger partial charge in [0.1, 0.15) is 17.3 Å². The van der Waals surface area contributed by atoms with Gasteiger partial charge in [-0.25, -0.2) is 14.4 Å². The van der Waals surface area contributed by atoms with E-state index in [9.17, 15) is 9.18 Å². The summed E-state index contributed by atoms with van der Waals surface area (Å²) < 4.78 is 13.6. The number of hydrogen-bond acceptors (Lipinski definition) is 4. The van der Waals surface area contributed by atoms with Gasteiger partial charge in [-0.1, -0.05) is 36.4 Å². The molecule has 6 heteroatoms. The fraction of sp³-hybridized carbons (Fsp3) is 0.227. The zero-order chi connectivity index (χ0) is 19.3. The van der Waals surface area contributed by atoms with Crippen molar-refractivity contribution in [3.05, 3.63) is 83.6 Å². The normalized spacial score (nSPS) is 13.1. The molecule has 4 rings (SSSR count). The first-order chi connectivity index (χ1) is 13.7. The number of fused-ring (bicyclic) bond motifs is 1. The number of nitrogens with zero attached hydrogens (tertiary/aromatic N) is 3. The second-order valence-electron chi connectivity index (χ2n) is 6.74. The number of para-hydroxylation sites is 1. The van der Waals surface area contributed by atoms with Gasteiger partial charge >= 0.3 is 0 Å². The Labute approximate surface area is 163 Å². The molecular formula is C22H21FN4O. The molecular weight excluding hydrogens is 355 g/mol. The van der Waals surface area contributed by atoms with Gasteiger partial charge in [0.25, 0.3) is 5.91 Å². The summed E-state index contributed by atoms with van der Waals surface area (Å²) in [7, 11) is 0. The van der Waals surface area contributed by atoms with Crippen molar-refractivity contribution in [3.63, 3.8) is 0 Å². The first-order valence-electron chi connectivity index (χ1n) is 9.41. The number of carbonyl (C=O) groups excluding carboxylic acids is 1. The average molecular weight is 376 g/mol. The highest BCUT2D eigenvalue weighted by atomic mass is 19.1. The van der Waals surface area contributed by atoms with Crippen LogP contribution < -0.4 is 10.2 Å². The van der Waals surface area contributed by atoms with Gasteiger partial charge in [0, 0.05) is 18.8 Å². The van der Waals surface area contributed by atoms with E-state index >= 15 is 0 Å². The number of nitrogens with one attached hydrogen (secondary N) is 1. The van der Waals surface area contributed by atoms with Crippen LogP contribution in [0.25, 0.3) is 0 Å². The zero-order valence-corrected chi connectivity index (χ0v) is 15.4. The van der Waals surface area contributed by atoms with Crippen LogP contribution in [0, 0.1) is 5.82 Å². The van der Waals surface area contributed by atoms with E-state index in [0.717, 1.165) is 18.5 Å². The van der Waals surface area contributed by atoms with E-state index in [4.69, 9.17) is 0 Å². The van der Waals surface area contributed by atoms with Gasteiger partial charge in [0.2, 0.25) is 0 Å². The van der Waals surface area contributed by atoms with Gasteiger partial charge < -0.3 is 10.2 Å². The van der Waals surface area contributed by atoms with Crippen molar-refractivity contribution in [1.82, 2.24) is 9.97 Å². The lowest BCUT2D eigenvalue weighted by molar-refractivity contribution is 0.0980. The largest absolute Gasteiger partial charge is 0.368 e. The standard InChI is InChI=1S/C22H21FN4O/c23-18-9-3-1-6-16(18)11-12-24-21-15-25-19(14-26-21)22(28)27-13-5-8-17-7-2-4-10-20(17)27/h1-4,6-7,9-10,14-15H,5,8,11-13H2,(H,24,26). The van der Waals surface area contributed by atoms with E-state index in [1.807, 2.05) is 24.3 Å². The highest BCUT2D eigenvalue weighted by Crippen LogP contribution is 2.27. The molecule has 0 bridgehead atoms. The van der Waals surface area contributed by atoms with Crippen LogP contribution in [0.5, 0.6) is 0 Å². The van der Waals surface area contributed by atoms with Crippen LogP contribution in [0.2, 0.25) is 0 Å². The van der Waals surface area contributed by atoms with Gasteiger partial charge in [-0.05, 0) is 42.5 Å². The molecule has 1 aliphatic rings. The fourth-order valence-electron chi connectivity index (χ4n) is 3.44. The van der Waals surface area contributed by atoms with Gasteiger partial charge in [0.15, 0.2) is 0 Å². The molecule has 1 aromatic heterocycles. The van der Waals surface area contributed by atoms with Crippen molar-refractivity contribution in [2.45, 2.75) is 19.3 Å². The predicted octanol–water partition coefficient (Wildman–Crippen LogP) is 3.86. The molecule has 0 spiro atoms. The second-order valence-corrected chi connectivity index (χ2v) is 6.74. The summed E-state index contributed by atoms with van der Waals surface area (Å²) >= 11 is 0. The van der Waals surface area contributed by atoms with E-state index in [1.54, 1.807) is 23.2 Å². The number of anilines is 2. The van der Waals surface area contributed by atoms with Crippen molar-refractivity contribution < 1.29 is 9.18 Å². The Morgan fingerprint density at radius 2 is 1.89 bits per heavy atom. The molecule has 5 nitrogen and oxygen atoms in total. The van der Waals surface area contributed by atoms with Crippen LogP contribution in [0.4, 0.5) is 15.9 Å². The fourth-order valence-corrected chi connectivity index (χ4v) is 3.44. The summed E-state index contributed by atoms with van der Waals surface area (Å²) in [6.45, 7) is 1.21. The Bertz CT molecular complexity index is 974. The predicted molar refractivity (Wildman–Crippen MR) is 107 cm³/mol. The molecule has 0 saturated carbocycles. The van der Waals surface area contributed by atoms with Gasteiger partial charge in [-0.3, -0.25) is 4.79 Å². The summed E-state index contributed by atoms with van der Waals surface area (Å²) in [5.74, 6) is 0.211. The summed E-state index contributed by atoms with van der Waals surface area (Å²) in [6, 6.07) is 14.7. The van der Waals surface area contributed by atoms with E-state index in [0.29, 0.717) is 36.6 Å². The van der Waals surface area contributed by atoms with Crippen molar-refractivity contribution in [3.8, 4) is 0 Å². The molecule has 0 fully saturated rings. The molecule has 0 saturated heterocycles. The summed E-state index contributed by atoms with van der Waals surface area (Å²) in [5.41, 5.74) is 3.10. The Balaban J connectivity index is 1.40. The molecule has 1 amide bonds. The van der Waals surface area contributed by atoms with Gasteiger partial charge in [-0.2, -0.15) is 0 Å². The van der Waals surface area contributed by atoms with Crippen LogP contribution >= 0.6 is 0 Å². The zero-order valence-electron chi connectivity index (χ0n) is 15.4. The Morgan fingerprint density at radius 3 is 2.71 bits per heavy atom. The van der Waals surface area contributed by atoms with Crippen LogP contribution in [-0.4, -0.2) is 29.0 Å². The van der Waals surface area contributed by atoms with Crippen molar-refractivity contribution in [2.24, 2.45) is 0 Å². The van der Waals surface area contributed by atoms with E-state index in [2.05, 4.69) is 21.4 Å². The summed E-state index contributed by atoms with van der Waals surface area (Å²) in [5, 5.41) is 3.12. The number of amides is 1.